The Bertz CT molecular complexity index is 378. The quantitative estimate of drug-likeness (QED) is 0.700. The van der Waals surface area contributed by atoms with Crippen molar-refractivity contribution in [2.75, 3.05) is 0 Å². The molecule has 0 heterocycles. The molecular formula is C13H15ClO. The van der Waals surface area contributed by atoms with Crippen molar-refractivity contribution in [3.8, 4) is 0 Å². The molecule has 1 aliphatic rings. The van der Waals surface area contributed by atoms with Crippen LogP contribution in [0.4, 0.5) is 0 Å². The van der Waals surface area contributed by atoms with Gasteiger partial charge in [0.05, 0.1) is 5.41 Å². The number of carbonyl (C=O) groups excluding carboxylic acids is 1. The highest BCUT2D eigenvalue weighted by Gasteiger charge is 2.42. The summed E-state index contributed by atoms with van der Waals surface area (Å²) in [5, 5.41) is -0.186. The summed E-state index contributed by atoms with van der Waals surface area (Å²) in [7, 11) is 0. The van der Waals surface area contributed by atoms with Gasteiger partial charge in [0.2, 0.25) is 5.24 Å². The normalized spacial score (nSPS) is 19.1. The van der Waals surface area contributed by atoms with E-state index in [1.54, 1.807) is 0 Å². The molecule has 1 fully saturated rings. The van der Waals surface area contributed by atoms with E-state index in [4.69, 9.17) is 11.6 Å². The summed E-state index contributed by atoms with van der Waals surface area (Å²) in [6.07, 6.45) is 4.01. The zero-order valence-corrected chi connectivity index (χ0v) is 9.68. The van der Waals surface area contributed by atoms with E-state index in [9.17, 15) is 4.79 Å². The second kappa shape index (κ2) is 3.97. The fraction of sp³-hybridized carbons (Fsp3) is 0.462. The molecule has 2 heteroatoms. The molecule has 2 rings (SSSR count). The molecule has 1 aliphatic carbocycles. The molecule has 0 spiro atoms. The Hall–Kier alpha value is -0.820. The summed E-state index contributed by atoms with van der Waals surface area (Å²) in [5.74, 6) is 0. The van der Waals surface area contributed by atoms with Crippen LogP contribution in [-0.2, 0) is 10.2 Å². The Labute approximate surface area is 95.4 Å². The molecule has 1 saturated carbocycles. The van der Waals surface area contributed by atoms with Gasteiger partial charge in [-0.1, -0.05) is 37.1 Å². The molecule has 80 valence electrons. The molecule has 0 radical (unpaired) electrons. The van der Waals surface area contributed by atoms with Crippen LogP contribution in [0.3, 0.4) is 0 Å². The second-order valence-corrected chi connectivity index (χ2v) is 4.72. The lowest BCUT2D eigenvalue weighted by Crippen LogP contribution is -2.30. The first-order valence-corrected chi connectivity index (χ1v) is 5.81. The van der Waals surface area contributed by atoms with Gasteiger partial charge in [0.15, 0.2) is 0 Å². The van der Waals surface area contributed by atoms with Crippen molar-refractivity contribution < 1.29 is 4.79 Å². The molecule has 0 atom stereocenters. The van der Waals surface area contributed by atoms with Crippen molar-refractivity contribution in [2.24, 2.45) is 0 Å². The van der Waals surface area contributed by atoms with Crippen LogP contribution < -0.4 is 0 Å². The van der Waals surface area contributed by atoms with Crippen LogP contribution in [0.15, 0.2) is 24.3 Å². The van der Waals surface area contributed by atoms with Crippen LogP contribution in [0.25, 0.3) is 0 Å². The van der Waals surface area contributed by atoms with Crippen LogP contribution in [0.2, 0.25) is 0 Å². The Kier molecular flexibility index (Phi) is 2.83. The van der Waals surface area contributed by atoms with Gasteiger partial charge in [-0.05, 0) is 42.5 Å². The molecule has 0 aliphatic heterocycles. The highest BCUT2D eigenvalue weighted by molar-refractivity contribution is 6.65. The standard InChI is InChI=1S/C13H15ClO/c1-10-6-2-3-7-11(10)13(12(14)15)8-4-5-9-13/h2-3,6-7H,4-5,8-9H2,1H3. The van der Waals surface area contributed by atoms with E-state index in [0.717, 1.165) is 31.2 Å². The summed E-state index contributed by atoms with van der Waals surface area (Å²) in [6, 6.07) is 8.08. The van der Waals surface area contributed by atoms with E-state index in [-0.39, 0.29) is 5.24 Å². The Balaban J connectivity index is 2.50. The topological polar surface area (TPSA) is 17.1 Å². The Morgan fingerprint density at radius 3 is 2.40 bits per heavy atom. The van der Waals surface area contributed by atoms with Gasteiger partial charge in [0.25, 0.3) is 0 Å². The summed E-state index contributed by atoms with van der Waals surface area (Å²) in [5.41, 5.74) is 1.91. The molecule has 0 bridgehead atoms. The Morgan fingerprint density at radius 1 is 1.27 bits per heavy atom. The second-order valence-electron chi connectivity index (χ2n) is 4.38. The maximum atomic E-state index is 11.7. The molecule has 0 aromatic heterocycles. The number of aryl methyl sites for hydroxylation is 1. The van der Waals surface area contributed by atoms with E-state index in [1.165, 1.54) is 5.56 Å². The van der Waals surface area contributed by atoms with E-state index >= 15 is 0 Å². The van der Waals surface area contributed by atoms with E-state index in [1.807, 2.05) is 18.2 Å². The minimum absolute atomic E-state index is 0.186. The highest BCUT2D eigenvalue weighted by Crippen LogP contribution is 2.43. The highest BCUT2D eigenvalue weighted by atomic mass is 35.5. The van der Waals surface area contributed by atoms with Crippen molar-refractivity contribution in [3.63, 3.8) is 0 Å². The molecule has 0 N–H and O–H groups in total. The van der Waals surface area contributed by atoms with Gasteiger partial charge in [-0.3, -0.25) is 4.79 Å². The van der Waals surface area contributed by atoms with Gasteiger partial charge in [0, 0.05) is 0 Å². The Morgan fingerprint density at radius 2 is 1.87 bits per heavy atom. The van der Waals surface area contributed by atoms with Crippen LogP contribution in [0.5, 0.6) is 0 Å². The SMILES string of the molecule is Cc1ccccc1C1(C(=O)Cl)CCCC1. The fourth-order valence-electron chi connectivity index (χ4n) is 2.66. The smallest absolute Gasteiger partial charge is 0.232 e. The van der Waals surface area contributed by atoms with Gasteiger partial charge in [-0.25, -0.2) is 0 Å². The lowest BCUT2D eigenvalue weighted by Gasteiger charge is -2.26. The van der Waals surface area contributed by atoms with Crippen LogP contribution in [0.1, 0.15) is 36.8 Å². The molecule has 1 aromatic carbocycles. The molecule has 0 amide bonds. The van der Waals surface area contributed by atoms with Crippen molar-refractivity contribution in [1.82, 2.24) is 0 Å². The maximum Gasteiger partial charge on any atom is 0.232 e. The lowest BCUT2D eigenvalue weighted by atomic mass is 9.78. The van der Waals surface area contributed by atoms with Crippen LogP contribution in [-0.4, -0.2) is 5.24 Å². The number of halogens is 1. The first-order chi connectivity index (χ1) is 7.17. The van der Waals surface area contributed by atoms with Gasteiger partial charge in [-0.2, -0.15) is 0 Å². The molecular weight excluding hydrogens is 208 g/mol. The molecule has 1 nitrogen and oxygen atoms in total. The van der Waals surface area contributed by atoms with Crippen molar-refractivity contribution in [2.45, 2.75) is 38.0 Å². The average Bonchev–Trinajstić information content (AvgIpc) is 2.68. The van der Waals surface area contributed by atoms with Crippen molar-refractivity contribution >= 4 is 16.8 Å². The lowest BCUT2D eigenvalue weighted by molar-refractivity contribution is -0.116. The van der Waals surface area contributed by atoms with Gasteiger partial charge in [0.1, 0.15) is 0 Å². The number of rotatable bonds is 2. The molecule has 1 aromatic rings. The largest absolute Gasteiger partial charge is 0.280 e. The zero-order valence-electron chi connectivity index (χ0n) is 8.92. The van der Waals surface area contributed by atoms with Crippen molar-refractivity contribution in [3.05, 3.63) is 35.4 Å². The third-order valence-corrected chi connectivity index (χ3v) is 3.86. The van der Waals surface area contributed by atoms with Crippen molar-refractivity contribution in [1.29, 1.82) is 0 Å². The minimum Gasteiger partial charge on any atom is -0.280 e. The van der Waals surface area contributed by atoms with E-state index < -0.39 is 5.41 Å². The summed E-state index contributed by atoms with van der Waals surface area (Å²) in [6.45, 7) is 2.05. The zero-order chi connectivity index (χ0) is 10.9. The summed E-state index contributed by atoms with van der Waals surface area (Å²) >= 11 is 5.81. The average molecular weight is 223 g/mol. The van der Waals surface area contributed by atoms with Gasteiger partial charge >= 0.3 is 0 Å². The number of benzene rings is 1. The monoisotopic (exact) mass is 222 g/mol. The van der Waals surface area contributed by atoms with E-state index in [0.29, 0.717) is 0 Å². The first-order valence-electron chi connectivity index (χ1n) is 5.43. The summed E-state index contributed by atoms with van der Waals surface area (Å²) < 4.78 is 0. The minimum atomic E-state index is -0.396. The summed E-state index contributed by atoms with van der Waals surface area (Å²) in [4.78, 5) is 11.7. The fourth-order valence-corrected chi connectivity index (χ4v) is 2.95. The predicted molar refractivity (Wildman–Crippen MR) is 62.2 cm³/mol. The van der Waals surface area contributed by atoms with Gasteiger partial charge in [-0.15, -0.1) is 0 Å². The maximum absolute atomic E-state index is 11.7. The molecule has 0 unspecified atom stereocenters. The predicted octanol–water partition coefficient (Wildman–Crippen LogP) is 3.57. The molecule has 0 saturated heterocycles. The van der Waals surface area contributed by atoms with Gasteiger partial charge < -0.3 is 0 Å². The number of hydrogen-bond donors (Lipinski definition) is 0. The third kappa shape index (κ3) is 1.69. The number of carbonyl (C=O) groups is 1. The molecule has 15 heavy (non-hydrogen) atoms. The van der Waals surface area contributed by atoms with Crippen LogP contribution >= 0.6 is 11.6 Å². The third-order valence-electron chi connectivity index (χ3n) is 3.49. The number of hydrogen-bond acceptors (Lipinski definition) is 1. The van der Waals surface area contributed by atoms with E-state index in [2.05, 4.69) is 13.0 Å². The van der Waals surface area contributed by atoms with Crippen LogP contribution in [0, 0.1) is 6.92 Å². The first kappa shape index (κ1) is 10.7.